The lowest BCUT2D eigenvalue weighted by Crippen LogP contribution is -2.34. The van der Waals surface area contributed by atoms with Crippen molar-refractivity contribution in [3.05, 3.63) is 35.4 Å². The summed E-state index contributed by atoms with van der Waals surface area (Å²) < 4.78 is 0. The molecule has 0 saturated carbocycles. The highest BCUT2D eigenvalue weighted by Gasteiger charge is 2.18. The number of nitrogens with zero attached hydrogens (tertiary/aromatic N) is 1. The summed E-state index contributed by atoms with van der Waals surface area (Å²) in [6, 6.07) is 7.95. The van der Waals surface area contributed by atoms with Gasteiger partial charge < -0.3 is 10.6 Å². The van der Waals surface area contributed by atoms with Gasteiger partial charge in [0, 0.05) is 25.1 Å². The van der Waals surface area contributed by atoms with E-state index in [2.05, 4.69) is 11.8 Å². The van der Waals surface area contributed by atoms with Crippen molar-refractivity contribution in [3.8, 4) is 11.8 Å². The molecule has 1 aliphatic heterocycles. The molecule has 0 aromatic heterocycles. The molecule has 3 nitrogen and oxygen atoms in total. The first-order valence-corrected chi connectivity index (χ1v) is 6.36. The van der Waals surface area contributed by atoms with E-state index in [1.807, 2.05) is 29.2 Å². The van der Waals surface area contributed by atoms with Crippen molar-refractivity contribution in [3.63, 3.8) is 0 Å². The Balaban J connectivity index is 2.15. The normalized spacial score (nSPS) is 15.2. The molecule has 1 saturated heterocycles. The SMILES string of the molecule is NCC#Cc1ccccc1CN1CCCCC1=O. The van der Waals surface area contributed by atoms with Crippen molar-refractivity contribution in [2.24, 2.45) is 5.73 Å². The van der Waals surface area contributed by atoms with Crippen LogP contribution in [0.15, 0.2) is 24.3 Å². The Morgan fingerprint density at radius 3 is 2.89 bits per heavy atom. The van der Waals surface area contributed by atoms with Gasteiger partial charge in [-0.3, -0.25) is 4.79 Å². The highest BCUT2D eigenvalue weighted by atomic mass is 16.2. The van der Waals surface area contributed by atoms with Crippen molar-refractivity contribution >= 4 is 5.91 Å². The molecule has 18 heavy (non-hydrogen) atoms. The minimum Gasteiger partial charge on any atom is -0.338 e. The summed E-state index contributed by atoms with van der Waals surface area (Å²) in [5.41, 5.74) is 7.47. The van der Waals surface area contributed by atoms with Gasteiger partial charge in [0.05, 0.1) is 6.54 Å². The number of hydrogen-bond donors (Lipinski definition) is 1. The summed E-state index contributed by atoms with van der Waals surface area (Å²) >= 11 is 0. The Labute approximate surface area is 108 Å². The van der Waals surface area contributed by atoms with Crippen molar-refractivity contribution in [2.75, 3.05) is 13.1 Å². The van der Waals surface area contributed by atoms with E-state index in [1.165, 1.54) is 0 Å². The third kappa shape index (κ3) is 3.12. The number of piperidine rings is 1. The van der Waals surface area contributed by atoms with Crippen LogP contribution in [-0.2, 0) is 11.3 Å². The zero-order valence-corrected chi connectivity index (χ0v) is 10.5. The van der Waals surface area contributed by atoms with Crippen LogP contribution in [0.1, 0.15) is 30.4 Å². The van der Waals surface area contributed by atoms with E-state index in [4.69, 9.17) is 5.73 Å². The Morgan fingerprint density at radius 2 is 2.11 bits per heavy atom. The van der Waals surface area contributed by atoms with Crippen molar-refractivity contribution in [1.29, 1.82) is 0 Å². The average Bonchev–Trinajstić information content (AvgIpc) is 2.40. The second kappa shape index (κ2) is 6.23. The number of benzene rings is 1. The molecule has 2 N–H and O–H groups in total. The number of nitrogens with two attached hydrogens (primary N) is 1. The maximum absolute atomic E-state index is 11.8. The summed E-state index contributed by atoms with van der Waals surface area (Å²) in [5.74, 6) is 6.18. The zero-order chi connectivity index (χ0) is 12.8. The van der Waals surface area contributed by atoms with Gasteiger partial charge in [-0.1, -0.05) is 30.0 Å². The summed E-state index contributed by atoms with van der Waals surface area (Å²) in [5, 5.41) is 0. The van der Waals surface area contributed by atoms with Crippen LogP contribution < -0.4 is 5.73 Å². The molecule has 3 heteroatoms. The molecule has 1 amide bonds. The second-order valence-electron chi connectivity index (χ2n) is 4.44. The molecule has 2 rings (SSSR count). The molecule has 1 aromatic carbocycles. The molecule has 0 spiro atoms. The zero-order valence-electron chi connectivity index (χ0n) is 10.5. The average molecular weight is 242 g/mol. The minimum atomic E-state index is 0.253. The smallest absolute Gasteiger partial charge is 0.222 e. The Kier molecular flexibility index (Phi) is 4.38. The summed E-state index contributed by atoms with van der Waals surface area (Å²) in [4.78, 5) is 13.7. The third-order valence-electron chi connectivity index (χ3n) is 3.13. The van der Waals surface area contributed by atoms with E-state index in [9.17, 15) is 4.79 Å². The Morgan fingerprint density at radius 1 is 1.28 bits per heavy atom. The van der Waals surface area contributed by atoms with Gasteiger partial charge in [-0.15, -0.1) is 0 Å². The lowest BCUT2D eigenvalue weighted by molar-refractivity contribution is -0.133. The number of hydrogen-bond acceptors (Lipinski definition) is 2. The fraction of sp³-hybridized carbons (Fsp3) is 0.400. The van der Waals surface area contributed by atoms with E-state index in [0.29, 0.717) is 19.5 Å². The fourth-order valence-corrected chi connectivity index (χ4v) is 2.16. The van der Waals surface area contributed by atoms with Gasteiger partial charge in [0.1, 0.15) is 0 Å². The maximum Gasteiger partial charge on any atom is 0.222 e. The number of rotatable bonds is 2. The summed E-state index contributed by atoms with van der Waals surface area (Å²) in [6.45, 7) is 1.88. The predicted molar refractivity (Wildman–Crippen MR) is 71.6 cm³/mol. The molecule has 0 radical (unpaired) electrons. The second-order valence-corrected chi connectivity index (χ2v) is 4.44. The van der Waals surface area contributed by atoms with Crippen molar-refractivity contribution in [1.82, 2.24) is 4.90 Å². The van der Waals surface area contributed by atoms with E-state index < -0.39 is 0 Å². The maximum atomic E-state index is 11.8. The Bertz CT molecular complexity index is 485. The van der Waals surface area contributed by atoms with Gasteiger partial charge in [-0.05, 0) is 24.5 Å². The Hall–Kier alpha value is -1.79. The van der Waals surface area contributed by atoms with E-state index in [0.717, 1.165) is 30.5 Å². The van der Waals surface area contributed by atoms with Crippen LogP contribution in [0.3, 0.4) is 0 Å². The van der Waals surface area contributed by atoms with Gasteiger partial charge in [0.15, 0.2) is 0 Å². The quantitative estimate of drug-likeness (QED) is 0.799. The molecule has 1 aliphatic rings. The largest absolute Gasteiger partial charge is 0.338 e. The summed E-state index contributed by atoms with van der Waals surface area (Å²) in [6.07, 6.45) is 2.79. The van der Waals surface area contributed by atoms with Gasteiger partial charge in [-0.2, -0.15) is 0 Å². The van der Waals surface area contributed by atoms with E-state index in [1.54, 1.807) is 0 Å². The molecule has 0 atom stereocenters. The third-order valence-corrected chi connectivity index (χ3v) is 3.13. The molecule has 1 heterocycles. The standard InChI is InChI=1S/C15H18N2O/c16-10-5-8-13-6-1-2-7-14(13)12-17-11-4-3-9-15(17)18/h1-2,6-7H,3-4,9-12,16H2. The van der Waals surface area contributed by atoms with Gasteiger partial charge in [0.25, 0.3) is 0 Å². The van der Waals surface area contributed by atoms with E-state index >= 15 is 0 Å². The van der Waals surface area contributed by atoms with Crippen molar-refractivity contribution in [2.45, 2.75) is 25.8 Å². The molecule has 1 aromatic rings. The number of carbonyl (C=O) groups excluding carboxylic acids is 1. The van der Waals surface area contributed by atoms with Crippen LogP contribution in [0.2, 0.25) is 0 Å². The number of likely N-dealkylation sites (tertiary alicyclic amines) is 1. The first-order chi connectivity index (χ1) is 8.81. The van der Waals surface area contributed by atoms with Crippen LogP contribution in [-0.4, -0.2) is 23.9 Å². The van der Waals surface area contributed by atoms with Crippen LogP contribution in [0.25, 0.3) is 0 Å². The highest BCUT2D eigenvalue weighted by molar-refractivity contribution is 5.76. The topological polar surface area (TPSA) is 46.3 Å². The van der Waals surface area contributed by atoms with Gasteiger partial charge in [0.2, 0.25) is 5.91 Å². The van der Waals surface area contributed by atoms with Crippen LogP contribution in [0.5, 0.6) is 0 Å². The summed E-state index contributed by atoms with van der Waals surface area (Å²) in [7, 11) is 0. The molecular weight excluding hydrogens is 224 g/mol. The minimum absolute atomic E-state index is 0.253. The van der Waals surface area contributed by atoms with Gasteiger partial charge in [-0.25, -0.2) is 0 Å². The predicted octanol–water partition coefficient (Wildman–Crippen LogP) is 1.51. The number of amides is 1. The monoisotopic (exact) mass is 242 g/mol. The first-order valence-electron chi connectivity index (χ1n) is 6.36. The molecular formula is C15H18N2O. The molecule has 0 bridgehead atoms. The lowest BCUT2D eigenvalue weighted by Gasteiger charge is -2.27. The fourth-order valence-electron chi connectivity index (χ4n) is 2.16. The highest BCUT2D eigenvalue weighted by Crippen LogP contribution is 2.16. The molecule has 0 aliphatic carbocycles. The van der Waals surface area contributed by atoms with Crippen LogP contribution >= 0.6 is 0 Å². The molecule has 0 unspecified atom stereocenters. The first kappa shape index (κ1) is 12.7. The lowest BCUT2D eigenvalue weighted by atomic mass is 10.0. The van der Waals surface area contributed by atoms with Gasteiger partial charge >= 0.3 is 0 Å². The molecule has 1 fully saturated rings. The molecule has 94 valence electrons. The van der Waals surface area contributed by atoms with E-state index in [-0.39, 0.29) is 5.91 Å². The van der Waals surface area contributed by atoms with Crippen LogP contribution in [0.4, 0.5) is 0 Å². The van der Waals surface area contributed by atoms with Crippen molar-refractivity contribution < 1.29 is 4.79 Å². The van der Waals surface area contributed by atoms with Crippen LogP contribution in [0, 0.1) is 11.8 Å². The number of carbonyl (C=O) groups is 1.